The minimum Gasteiger partial charge on any atom is -0.497 e. The Balaban J connectivity index is 2.42. The number of rotatable bonds is 5. The van der Waals surface area contributed by atoms with Gasteiger partial charge < -0.3 is 9.47 Å². The third-order valence-electron chi connectivity index (χ3n) is 3.22. The first-order chi connectivity index (χ1) is 10.4. The summed E-state index contributed by atoms with van der Waals surface area (Å²) in [5, 5.41) is 0. The molecule has 5 nitrogen and oxygen atoms in total. The molecule has 22 heavy (non-hydrogen) atoms. The van der Waals surface area contributed by atoms with Crippen LogP contribution < -0.4 is 14.2 Å². The average Bonchev–Trinajstić information content (AvgIpc) is 2.46. The molecule has 2 rings (SSSR count). The number of nitrogens with one attached hydrogen (secondary N) is 1. The van der Waals surface area contributed by atoms with Crippen molar-refractivity contribution in [3.8, 4) is 11.5 Å². The Morgan fingerprint density at radius 2 is 1.59 bits per heavy atom. The van der Waals surface area contributed by atoms with Crippen LogP contribution in [0, 0.1) is 13.8 Å². The number of anilines is 1. The molecular formula is C16H19NO4S. The first-order valence-electron chi connectivity index (χ1n) is 6.69. The van der Waals surface area contributed by atoms with Gasteiger partial charge in [-0.1, -0.05) is 6.07 Å². The fourth-order valence-corrected chi connectivity index (χ4v) is 3.71. The van der Waals surface area contributed by atoms with Crippen LogP contribution in [0.15, 0.2) is 41.3 Å². The van der Waals surface area contributed by atoms with Gasteiger partial charge in [-0.3, -0.25) is 4.72 Å². The third kappa shape index (κ3) is 3.33. The standard InChI is InChI=1S/C16H19NO4S/c1-11-9-12(2)16(15(10-11)21-4)22(18,19)17-13-5-7-14(20-3)8-6-13/h5-10,17H,1-4H3. The van der Waals surface area contributed by atoms with Crippen molar-refractivity contribution in [1.29, 1.82) is 0 Å². The maximum atomic E-state index is 12.6. The lowest BCUT2D eigenvalue weighted by Crippen LogP contribution is -2.15. The predicted octanol–water partition coefficient (Wildman–Crippen LogP) is 3.12. The summed E-state index contributed by atoms with van der Waals surface area (Å²) in [5.41, 5.74) is 2.04. The molecule has 118 valence electrons. The number of sulfonamides is 1. The molecule has 0 saturated carbocycles. The highest BCUT2D eigenvalue weighted by Gasteiger charge is 2.22. The Bertz CT molecular complexity index is 767. The van der Waals surface area contributed by atoms with Gasteiger partial charge in [0.15, 0.2) is 0 Å². The molecule has 2 aromatic rings. The number of aryl methyl sites for hydroxylation is 2. The highest BCUT2D eigenvalue weighted by atomic mass is 32.2. The normalized spacial score (nSPS) is 11.1. The Hall–Kier alpha value is -2.21. The summed E-state index contributed by atoms with van der Waals surface area (Å²) >= 11 is 0. The summed E-state index contributed by atoms with van der Waals surface area (Å²) in [7, 11) is -0.725. The molecule has 0 aliphatic rings. The second-order valence-electron chi connectivity index (χ2n) is 4.95. The van der Waals surface area contributed by atoms with Crippen LogP contribution in [0.3, 0.4) is 0 Å². The van der Waals surface area contributed by atoms with E-state index >= 15 is 0 Å². The smallest absolute Gasteiger partial charge is 0.265 e. The minimum atomic E-state index is -3.74. The monoisotopic (exact) mass is 321 g/mol. The molecule has 0 atom stereocenters. The highest BCUT2D eigenvalue weighted by Crippen LogP contribution is 2.30. The predicted molar refractivity (Wildman–Crippen MR) is 86.3 cm³/mol. The van der Waals surface area contributed by atoms with E-state index in [4.69, 9.17) is 9.47 Å². The second-order valence-corrected chi connectivity index (χ2v) is 6.57. The summed E-state index contributed by atoms with van der Waals surface area (Å²) in [6.07, 6.45) is 0. The molecule has 1 N–H and O–H groups in total. The van der Waals surface area contributed by atoms with Crippen LogP contribution in [0.2, 0.25) is 0 Å². The topological polar surface area (TPSA) is 64.6 Å². The van der Waals surface area contributed by atoms with E-state index in [2.05, 4.69) is 4.72 Å². The van der Waals surface area contributed by atoms with Crippen LogP contribution in [0.25, 0.3) is 0 Å². The zero-order valence-corrected chi connectivity index (χ0v) is 13.8. The average molecular weight is 321 g/mol. The molecule has 2 aromatic carbocycles. The van der Waals surface area contributed by atoms with E-state index in [1.54, 1.807) is 44.4 Å². The van der Waals surface area contributed by atoms with E-state index < -0.39 is 10.0 Å². The van der Waals surface area contributed by atoms with Gasteiger partial charge in [-0.25, -0.2) is 8.42 Å². The van der Waals surface area contributed by atoms with Crippen LogP contribution >= 0.6 is 0 Å². The van der Waals surface area contributed by atoms with Crippen LogP contribution in [-0.2, 0) is 10.0 Å². The SMILES string of the molecule is COc1ccc(NS(=O)(=O)c2c(C)cc(C)cc2OC)cc1. The molecular weight excluding hydrogens is 302 g/mol. The summed E-state index contributed by atoms with van der Waals surface area (Å²) in [5.74, 6) is 0.991. The maximum absolute atomic E-state index is 12.6. The van der Waals surface area contributed by atoms with Gasteiger partial charge in [0, 0.05) is 5.69 Å². The Morgan fingerprint density at radius 3 is 2.14 bits per heavy atom. The van der Waals surface area contributed by atoms with Gasteiger partial charge in [0.25, 0.3) is 10.0 Å². The van der Waals surface area contributed by atoms with Gasteiger partial charge >= 0.3 is 0 Å². The summed E-state index contributed by atoms with van der Waals surface area (Å²) in [6.45, 7) is 3.64. The van der Waals surface area contributed by atoms with E-state index in [9.17, 15) is 8.42 Å². The van der Waals surface area contributed by atoms with E-state index in [-0.39, 0.29) is 4.90 Å². The van der Waals surface area contributed by atoms with Crippen molar-refractivity contribution in [3.05, 3.63) is 47.5 Å². The van der Waals surface area contributed by atoms with Crippen molar-refractivity contribution in [2.45, 2.75) is 18.7 Å². The molecule has 0 saturated heterocycles. The fraction of sp³-hybridized carbons (Fsp3) is 0.250. The number of hydrogen-bond donors (Lipinski definition) is 1. The van der Waals surface area contributed by atoms with Gasteiger partial charge in [0.2, 0.25) is 0 Å². The second kappa shape index (κ2) is 6.27. The molecule has 0 fully saturated rings. The zero-order chi connectivity index (χ0) is 16.3. The van der Waals surface area contributed by atoms with Crippen LogP contribution in [0.1, 0.15) is 11.1 Å². The Morgan fingerprint density at radius 1 is 0.955 bits per heavy atom. The largest absolute Gasteiger partial charge is 0.497 e. The number of hydrogen-bond acceptors (Lipinski definition) is 4. The Kier molecular flexibility index (Phi) is 4.61. The molecule has 0 aromatic heterocycles. The molecule has 0 aliphatic carbocycles. The van der Waals surface area contributed by atoms with Crippen molar-refractivity contribution in [2.24, 2.45) is 0 Å². The van der Waals surface area contributed by atoms with Gasteiger partial charge in [-0.2, -0.15) is 0 Å². The minimum absolute atomic E-state index is 0.149. The first kappa shape index (κ1) is 16.2. The van der Waals surface area contributed by atoms with E-state index in [0.717, 1.165) is 5.56 Å². The van der Waals surface area contributed by atoms with Crippen molar-refractivity contribution in [2.75, 3.05) is 18.9 Å². The lowest BCUT2D eigenvalue weighted by molar-refractivity contribution is 0.402. The van der Waals surface area contributed by atoms with Gasteiger partial charge in [0.05, 0.1) is 14.2 Å². The summed E-state index contributed by atoms with van der Waals surface area (Å²) in [6, 6.07) is 10.2. The lowest BCUT2D eigenvalue weighted by Gasteiger charge is -2.15. The number of benzene rings is 2. The molecule has 0 radical (unpaired) electrons. The summed E-state index contributed by atoms with van der Waals surface area (Å²) < 4.78 is 38.1. The molecule has 0 aliphatic heterocycles. The number of ether oxygens (including phenoxy) is 2. The van der Waals surface area contributed by atoms with E-state index in [1.807, 2.05) is 13.0 Å². The zero-order valence-electron chi connectivity index (χ0n) is 13.0. The quantitative estimate of drug-likeness (QED) is 0.919. The highest BCUT2D eigenvalue weighted by molar-refractivity contribution is 7.92. The molecule has 0 unspecified atom stereocenters. The van der Waals surface area contributed by atoms with Crippen molar-refractivity contribution < 1.29 is 17.9 Å². The number of methoxy groups -OCH3 is 2. The lowest BCUT2D eigenvalue weighted by atomic mass is 10.1. The summed E-state index contributed by atoms with van der Waals surface area (Å²) in [4.78, 5) is 0.149. The van der Waals surface area contributed by atoms with Crippen LogP contribution in [0.5, 0.6) is 11.5 Å². The van der Waals surface area contributed by atoms with Gasteiger partial charge in [-0.15, -0.1) is 0 Å². The van der Waals surface area contributed by atoms with Gasteiger partial charge in [-0.05, 0) is 55.3 Å². The molecule has 0 bridgehead atoms. The van der Waals surface area contributed by atoms with Crippen LogP contribution in [-0.4, -0.2) is 22.6 Å². The van der Waals surface area contributed by atoms with Gasteiger partial charge in [0.1, 0.15) is 16.4 Å². The van der Waals surface area contributed by atoms with E-state index in [1.165, 1.54) is 7.11 Å². The van der Waals surface area contributed by atoms with E-state index in [0.29, 0.717) is 22.7 Å². The van der Waals surface area contributed by atoms with Crippen molar-refractivity contribution >= 4 is 15.7 Å². The fourth-order valence-electron chi connectivity index (χ4n) is 2.28. The third-order valence-corrected chi connectivity index (χ3v) is 4.78. The van der Waals surface area contributed by atoms with Crippen molar-refractivity contribution in [3.63, 3.8) is 0 Å². The Labute approximate surface area is 130 Å². The van der Waals surface area contributed by atoms with Crippen LogP contribution in [0.4, 0.5) is 5.69 Å². The van der Waals surface area contributed by atoms with Crippen molar-refractivity contribution in [1.82, 2.24) is 0 Å². The molecule has 6 heteroatoms. The molecule has 0 amide bonds. The molecule has 0 spiro atoms. The maximum Gasteiger partial charge on any atom is 0.265 e. The molecule has 0 heterocycles. The first-order valence-corrected chi connectivity index (χ1v) is 8.18.